The van der Waals surface area contributed by atoms with Gasteiger partial charge in [-0.2, -0.15) is 0 Å². The van der Waals surface area contributed by atoms with E-state index in [2.05, 4.69) is 24.4 Å². The van der Waals surface area contributed by atoms with Crippen LogP contribution in [0.3, 0.4) is 0 Å². The highest BCUT2D eigenvalue weighted by molar-refractivity contribution is 7.94. The summed E-state index contributed by atoms with van der Waals surface area (Å²) in [6.45, 7) is 0. The van der Waals surface area contributed by atoms with Gasteiger partial charge in [-0.3, -0.25) is 9.71 Å². The number of ether oxygens (including phenoxy) is 1. The fourth-order valence-corrected chi connectivity index (χ4v) is 3.32. The van der Waals surface area contributed by atoms with Crippen LogP contribution in [0.15, 0.2) is 28.3 Å². The number of esters is 1. The molecule has 10 heteroatoms. The van der Waals surface area contributed by atoms with E-state index in [9.17, 15) is 13.2 Å². The van der Waals surface area contributed by atoms with E-state index in [4.69, 9.17) is 0 Å². The van der Waals surface area contributed by atoms with Crippen molar-refractivity contribution >= 4 is 33.1 Å². The minimum atomic E-state index is -3.95. The molecule has 0 atom stereocenters. The molecule has 19 heavy (non-hydrogen) atoms. The Morgan fingerprint density at radius 1 is 1.37 bits per heavy atom. The van der Waals surface area contributed by atoms with E-state index in [0.717, 1.165) is 18.4 Å². The number of hydrogen-bond acceptors (Lipinski definition) is 8. The normalized spacial score (nSPS) is 11.0. The molecule has 0 saturated heterocycles. The molecule has 8 nitrogen and oxygen atoms in total. The zero-order chi connectivity index (χ0) is 13.9. The van der Waals surface area contributed by atoms with E-state index in [1.54, 1.807) is 0 Å². The standard InChI is InChI=1S/C9H8N4O4S2/c1-17-8(14)7-9(18-5-12-7)19(15,16)13-6-4-10-2-3-11-6/h2-5H,1H3,(H,11,13). The molecule has 0 amide bonds. The molecule has 100 valence electrons. The summed E-state index contributed by atoms with van der Waals surface area (Å²) in [4.78, 5) is 22.6. The number of methoxy groups -OCH3 is 1. The predicted molar refractivity (Wildman–Crippen MR) is 66.3 cm³/mol. The van der Waals surface area contributed by atoms with Gasteiger partial charge in [0.25, 0.3) is 10.0 Å². The third-order valence-corrected chi connectivity index (χ3v) is 4.68. The Balaban J connectivity index is 2.36. The Hall–Kier alpha value is -2.07. The topological polar surface area (TPSA) is 111 Å². The predicted octanol–water partition coefficient (Wildman–Crippen LogP) is 0.520. The number of carbonyl (C=O) groups is 1. The van der Waals surface area contributed by atoms with Gasteiger partial charge in [-0.1, -0.05) is 0 Å². The zero-order valence-electron chi connectivity index (χ0n) is 9.60. The lowest BCUT2D eigenvalue weighted by Gasteiger charge is -2.05. The zero-order valence-corrected chi connectivity index (χ0v) is 11.2. The van der Waals surface area contributed by atoms with Crippen molar-refractivity contribution in [3.8, 4) is 0 Å². The molecule has 0 fully saturated rings. The summed E-state index contributed by atoms with van der Waals surface area (Å²) in [5, 5.41) is 0. The summed E-state index contributed by atoms with van der Waals surface area (Å²) in [6, 6.07) is 0. The lowest BCUT2D eigenvalue weighted by Crippen LogP contribution is -2.16. The smallest absolute Gasteiger partial charge is 0.358 e. The van der Waals surface area contributed by atoms with Gasteiger partial charge >= 0.3 is 5.97 Å². The Morgan fingerprint density at radius 2 is 2.16 bits per heavy atom. The van der Waals surface area contributed by atoms with E-state index in [-0.39, 0.29) is 15.7 Å². The van der Waals surface area contributed by atoms with E-state index in [0.29, 0.717) is 0 Å². The first-order valence-electron chi connectivity index (χ1n) is 4.85. The van der Waals surface area contributed by atoms with E-state index >= 15 is 0 Å². The molecule has 2 heterocycles. The maximum Gasteiger partial charge on any atom is 0.358 e. The average Bonchev–Trinajstić information content (AvgIpc) is 2.88. The summed E-state index contributed by atoms with van der Waals surface area (Å²) >= 11 is 0.809. The molecule has 2 rings (SSSR count). The van der Waals surface area contributed by atoms with Crippen molar-refractivity contribution in [1.29, 1.82) is 0 Å². The molecule has 0 aliphatic carbocycles. The van der Waals surface area contributed by atoms with Gasteiger partial charge in [0.05, 0.1) is 18.8 Å². The molecular weight excluding hydrogens is 292 g/mol. The third-order valence-electron chi connectivity index (χ3n) is 1.96. The number of nitrogens with one attached hydrogen (secondary N) is 1. The second kappa shape index (κ2) is 5.28. The Labute approximate surface area is 112 Å². The Kier molecular flexibility index (Phi) is 3.71. The van der Waals surface area contributed by atoms with Gasteiger partial charge < -0.3 is 4.74 Å². The molecule has 0 saturated carbocycles. The molecule has 0 spiro atoms. The largest absolute Gasteiger partial charge is 0.464 e. The maximum absolute atomic E-state index is 12.1. The first-order valence-corrected chi connectivity index (χ1v) is 7.21. The lowest BCUT2D eigenvalue weighted by molar-refractivity contribution is 0.0590. The number of hydrogen-bond donors (Lipinski definition) is 1. The van der Waals surface area contributed by atoms with Crippen molar-refractivity contribution in [2.45, 2.75) is 4.21 Å². The SMILES string of the molecule is COC(=O)c1ncsc1S(=O)(=O)Nc1cnccn1. The van der Waals surface area contributed by atoms with E-state index in [1.165, 1.54) is 24.1 Å². The second-order valence-electron chi connectivity index (χ2n) is 3.18. The number of nitrogens with zero attached hydrogens (tertiary/aromatic N) is 3. The molecule has 2 aromatic heterocycles. The molecule has 0 aliphatic rings. The van der Waals surface area contributed by atoms with Crippen LogP contribution in [0.1, 0.15) is 10.5 Å². The van der Waals surface area contributed by atoms with Crippen LogP contribution in [-0.2, 0) is 14.8 Å². The molecule has 1 N–H and O–H groups in total. The van der Waals surface area contributed by atoms with Gasteiger partial charge in [0, 0.05) is 12.4 Å². The molecular formula is C9H8N4O4S2. The summed E-state index contributed by atoms with van der Waals surface area (Å²) in [6.07, 6.45) is 3.99. The maximum atomic E-state index is 12.1. The van der Waals surface area contributed by atoms with Gasteiger partial charge in [-0.15, -0.1) is 11.3 Å². The fraction of sp³-hybridized carbons (Fsp3) is 0.111. The van der Waals surface area contributed by atoms with Crippen molar-refractivity contribution in [1.82, 2.24) is 15.0 Å². The summed E-state index contributed by atoms with van der Waals surface area (Å²) in [7, 11) is -2.81. The van der Waals surface area contributed by atoms with Crippen LogP contribution >= 0.6 is 11.3 Å². The highest BCUT2D eigenvalue weighted by atomic mass is 32.2. The molecule has 2 aromatic rings. The number of aromatic nitrogens is 3. The number of anilines is 1. The molecule has 0 aromatic carbocycles. The minimum Gasteiger partial charge on any atom is -0.464 e. The third kappa shape index (κ3) is 2.85. The number of carbonyl (C=O) groups excluding carboxylic acids is 1. The van der Waals surface area contributed by atoms with Gasteiger partial charge in [-0.25, -0.2) is 23.2 Å². The molecule has 0 aliphatic heterocycles. The minimum absolute atomic E-state index is 0.0479. The number of rotatable bonds is 4. The van der Waals surface area contributed by atoms with Crippen LogP contribution in [0.4, 0.5) is 5.82 Å². The quantitative estimate of drug-likeness (QED) is 0.819. The summed E-state index contributed by atoms with van der Waals surface area (Å²) in [5.74, 6) is -0.771. The number of thiazole rings is 1. The summed E-state index contributed by atoms with van der Waals surface area (Å²) < 4.78 is 30.6. The molecule has 0 radical (unpaired) electrons. The van der Waals surface area contributed by atoms with Gasteiger partial charge in [0.15, 0.2) is 15.7 Å². The van der Waals surface area contributed by atoms with Crippen LogP contribution in [-0.4, -0.2) is 36.4 Å². The van der Waals surface area contributed by atoms with Crippen molar-refractivity contribution < 1.29 is 17.9 Å². The van der Waals surface area contributed by atoms with Crippen LogP contribution < -0.4 is 4.72 Å². The van der Waals surface area contributed by atoms with E-state index in [1.807, 2.05) is 0 Å². The van der Waals surface area contributed by atoms with Gasteiger partial charge in [0.1, 0.15) is 0 Å². The number of sulfonamides is 1. The monoisotopic (exact) mass is 300 g/mol. The second-order valence-corrected chi connectivity index (χ2v) is 5.91. The molecule has 0 bridgehead atoms. The van der Waals surface area contributed by atoms with Crippen LogP contribution in [0.25, 0.3) is 0 Å². The first-order chi connectivity index (χ1) is 9.04. The fourth-order valence-electron chi connectivity index (χ4n) is 1.19. The van der Waals surface area contributed by atoms with Crippen molar-refractivity contribution in [3.63, 3.8) is 0 Å². The van der Waals surface area contributed by atoms with Crippen molar-refractivity contribution in [2.24, 2.45) is 0 Å². The highest BCUT2D eigenvalue weighted by Gasteiger charge is 2.26. The van der Waals surface area contributed by atoms with Gasteiger partial charge in [0.2, 0.25) is 0 Å². The Morgan fingerprint density at radius 3 is 2.79 bits per heavy atom. The first kappa shape index (κ1) is 13.4. The summed E-state index contributed by atoms with van der Waals surface area (Å²) in [5.41, 5.74) is 0.987. The highest BCUT2D eigenvalue weighted by Crippen LogP contribution is 2.22. The van der Waals surface area contributed by atoms with Crippen molar-refractivity contribution in [2.75, 3.05) is 11.8 Å². The van der Waals surface area contributed by atoms with Crippen LogP contribution in [0, 0.1) is 0 Å². The van der Waals surface area contributed by atoms with Crippen LogP contribution in [0.5, 0.6) is 0 Å². The van der Waals surface area contributed by atoms with Gasteiger partial charge in [-0.05, 0) is 0 Å². The van der Waals surface area contributed by atoms with E-state index < -0.39 is 16.0 Å². The van der Waals surface area contributed by atoms with Crippen LogP contribution in [0.2, 0.25) is 0 Å². The average molecular weight is 300 g/mol. The van der Waals surface area contributed by atoms with Crippen molar-refractivity contribution in [3.05, 3.63) is 29.8 Å². The lowest BCUT2D eigenvalue weighted by atomic mass is 10.5. The Bertz CT molecular complexity index is 683. The molecule has 0 unspecified atom stereocenters.